The van der Waals surface area contributed by atoms with Gasteiger partial charge in [0.2, 0.25) is 0 Å². The molecule has 1 saturated carbocycles. The number of rotatable bonds is 3. The van der Waals surface area contributed by atoms with Crippen LogP contribution >= 0.6 is 0 Å². The Kier molecular flexibility index (Phi) is 4.60. The molecule has 0 heterocycles. The van der Waals surface area contributed by atoms with Gasteiger partial charge in [-0.05, 0) is 0 Å². The highest BCUT2D eigenvalue weighted by Crippen LogP contribution is 2.11. The lowest BCUT2D eigenvalue weighted by Crippen LogP contribution is -2.40. The van der Waals surface area contributed by atoms with Gasteiger partial charge in [0.1, 0.15) is 29.5 Å². The monoisotopic (exact) mass is 256 g/mol. The van der Waals surface area contributed by atoms with Crippen LogP contribution in [0.3, 0.4) is 0 Å². The minimum atomic E-state index is -0.970. The minimum Gasteiger partial charge on any atom is -0.355 e. The molecule has 0 atom stereocenters. The van der Waals surface area contributed by atoms with E-state index in [1.807, 2.05) is 0 Å². The van der Waals surface area contributed by atoms with Gasteiger partial charge in [0, 0.05) is 12.8 Å². The van der Waals surface area contributed by atoms with E-state index >= 15 is 0 Å². The maximum atomic E-state index is 11.3. The van der Waals surface area contributed by atoms with Crippen LogP contribution in [0.15, 0.2) is 5.10 Å². The molecule has 90 valence electrons. The molecule has 0 amide bonds. The van der Waals surface area contributed by atoms with Gasteiger partial charge in [-0.25, -0.2) is 5.10 Å². The third kappa shape index (κ3) is 3.67. The van der Waals surface area contributed by atoms with E-state index in [-0.39, 0.29) is 18.0 Å². The zero-order valence-electron chi connectivity index (χ0n) is 10.5. The Balaban J connectivity index is 2.80. The van der Waals surface area contributed by atoms with Gasteiger partial charge in [0.05, 0.1) is 12.1 Å². The first-order valence-electron chi connectivity index (χ1n) is 5.78. The Hall–Kier alpha value is -0.756. The highest BCUT2D eigenvalue weighted by atomic mass is 28.3. The number of hydrogen-bond acceptors (Lipinski definition) is 4. The summed E-state index contributed by atoms with van der Waals surface area (Å²) >= 11 is 0. The van der Waals surface area contributed by atoms with Crippen molar-refractivity contribution < 1.29 is 9.59 Å². The van der Waals surface area contributed by atoms with Crippen molar-refractivity contribution in [3.05, 3.63) is 0 Å². The van der Waals surface area contributed by atoms with Crippen LogP contribution in [0.2, 0.25) is 26.2 Å². The fraction of sp³-hybridized carbons (Fsp3) is 0.700. The summed E-state index contributed by atoms with van der Waals surface area (Å²) in [6.45, 7) is 8.90. The van der Waals surface area contributed by atoms with Crippen LogP contribution in [0.1, 0.15) is 19.3 Å². The van der Waals surface area contributed by atoms with Gasteiger partial charge in [-0.3, -0.25) is 9.59 Å². The second kappa shape index (κ2) is 5.54. The third-order valence-electron chi connectivity index (χ3n) is 2.51. The van der Waals surface area contributed by atoms with Crippen LogP contribution in [-0.2, 0) is 9.59 Å². The van der Waals surface area contributed by atoms with Crippen molar-refractivity contribution in [1.82, 2.24) is 4.34 Å². The van der Waals surface area contributed by atoms with Gasteiger partial charge in [-0.15, -0.1) is 0 Å². The predicted octanol–water partition coefficient (Wildman–Crippen LogP) is 0.933. The number of hydrazone groups is 1. The Morgan fingerprint density at radius 1 is 0.938 bits per heavy atom. The van der Waals surface area contributed by atoms with E-state index < -0.39 is 17.9 Å². The largest absolute Gasteiger partial charge is 0.355 e. The normalized spacial score (nSPS) is 17.2. The van der Waals surface area contributed by atoms with E-state index in [1.165, 1.54) is 0 Å². The van der Waals surface area contributed by atoms with E-state index in [0.717, 1.165) is 5.71 Å². The summed E-state index contributed by atoms with van der Waals surface area (Å²) in [6.07, 6.45) is 0.867. The Bertz CT molecular complexity index is 301. The van der Waals surface area contributed by atoms with E-state index in [1.54, 1.807) is 0 Å². The Labute approximate surface area is 100 Å². The fourth-order valence-corrected chi connectivity index (χ4v) is 7.48. The molecule has 0 aromatic carbocycles. The summed E-state index contributed by atoms with van der Waals surface area (Å²) in [7, 11) is -1.94. The molecule has 4 nitrogen and oxygen atoms in total. The molecule has 1 aliphatic rings. The van der Waals surface area contributed by atoms with Crippen LogP contribution in [0.5, 0.6) is 0 Å². The van der Waals surface area contributed by atoms with Gasteiger partial charge < -0.3 is 4.34 Å². The van der Waals surface area contributed by atoms with Crippen molar-refractivity contribution in [2.45, 2.75) is 45.5 Å². The molecule has 0 aromatic rings. The molecule has 16 heavy (non-hydrogen) atoms. The van der Waals surface area contributed by atoms with Gasteiger partial charge >= 0.3 is 0 Å². The summed E-state index contributed by atoms with van der Waals surface area (Å²) < 4.78 is 2.22. The molecular formula is C10H20N2O2Si2. The first-order valence-corrected chi connectivity index (χ1v) is 11.4. The third-order valence-corrected chi connectivity index (χ3v) is 8.44. The molecule has 0 spiro atoms. The second-order valence-corrected chi connectivity index (χ2v) is 10.9. The first-order chi connectivity index (χ1) is 7.40. The first kappa shape index (κ1) is 13.3. The van der Waals surface area contributed by atoms with Crippen LogP contribution in [0, 0.1) is 0 Å². The zero-order valence-corrected chi connectivity index (χ0v) is 12.8. The van der Waals surface area contributed by atoms with Gasteiger partial charge in [0.25, 0.3) is 0 Å². The predicted molar refractivity (Wildman–Crippen MR) is 70.9 cm³/mol. The lowest BCUT2D eigenvalue weighted by molar-refractivity contribution is -0.126. The summed E-state index contributed by atoms with van der Waals surface area (Å²) in [6, 6.07) is 0. The van der Waals surface area contributed by atoms with Crippen molar-refractivity contribution in [3.63, 3.8) is 0 Å². The maximum absolute atomic E-state index is 11.3. The average molecular weight is 256 g/mol. The summed E-state index contributed by atoms with van der Waals surface area (Å²) in [5.74, 6) is 0.0385. The number of ketones is 2. The topological polar surface area (TPSA) is 49.7 Å². The number of hydrogen-bond donors (Lipinski definition) is 0. The molecule has 0 bridgehead atoms. The molecule has 0 aliphatic heterocycles. The van der Waals surface area contributed by atoms with Gasteiger partial charge in [-0.1, -0.05) is 26.2 Å². The van der Waals surface area contributed by atoms with Gasteiger partial charge in [0.15, 0.2) is 0 Å². The number of Topliss-reactive ketones (excluding diaryl/α,β-unsaturated/α-hetero) is 2. The quantitative estimate of drug-likeness (QED) is 0.429. The number of carbonyl (C=O) groups excluding carboxylic acids is 2. The molecular weight excluding hydrogens is 236 g/mol. The van der Waals surface area contributed by atoms with Crippen LogP contribution in [0.25, 0.3) is 0 Å². The Morgan fingerprint density at radius 3 is 1.75 bits per heavy atom. The molecule has 0 unspecified atom stereocenters. The second-order valence-electron chi connectivity index (χ2n) is 4.84. The lowest BCUT2D eigenvalue weighted by Gasteiger charge is -2.28. The highest BCUT2D eigenvalue weighted by molar-refractivity contribution is 6.69. The maximum Gasteiger partial charge on any atom is 0.145 e. The molecule has 1 rings (SSSR count). The molecule has 0 saturated heterocycles. The number of carbonyl (C=O) groups is 2. The van der Waals surface area contributed by atoms with E-state index in [2.05, 4.69) is 35.6 Å². The summed E-state index contributed by atoms with van der Waals surface area (Å²) in [5, 5.41) is 4.57. The van der Waals surface area contributed by atoms with Crippen molar-refractivity contribution in [2.24, 2.45) is 5.10 Å². The van der Waals surface area contributed by atoms with Crippen LogP contribution < -0.4 is 0 Å². The zero-order chi connectivity index (χ0) is 12.3. The van der Waals surface area contributed by atoms with Crippen molar-refractivity contribution in [1.29, 1.82) is 0 Å². The SMILES string of the molecule is C[SiH](C)N(N=C1CC(=O)CC(=O)C1)[SiH](C)C. The molecule has 6 heteroatoms. The molecule has 0 N–H and O–H groups in total. The molecule has 1 aliphatic carbocycles. The Morgan fingerprint density at radius 2 is 1.38 bits per heavy atom. The fourth-order valence-electron chi connectivity index (χ4n) is 1.92. The molecule has 1 fully saturated rings. The van der Waals surface area contributed by atoms with E-state index in [9.17, 15) is 9.59 Å². The number of nitrogens with zero attached hydrogens (tertiary/aromatic N) is 2. The lowest BCUT2D eigenvalue weighted by atomic mass is 9.96. The molecule has 0 aromatic heterocycles. The van der Waals surface area contributed by atoms with Crippen LogP contribution in [0.4, 0.5) is 0 Å². The summed E-state index contributed by atoms with van der Waals surface area (Å²) in [4.78, 5) is 22.6. The summed E-state index contributed by atoms with van der Waals surface area (Å²) in [5.41, 5.74) is 0.781. The van der Waals surface area contributed by atoms with Gasteiger partial charge in [-0.2, -0.15) is 0 Å². The van der Waals surface area contributed by atoms with Crippen LogP contribution in [-0.4, -0.2) is 39.5 Å². The van der Waals surface area contributed by atoms with E-state index in [4.69, 9.17) is 0 Å². The minimum absolute atomic E-state index is 0.0193. The molecule has 0 radical (unpaired) electrons. The van der Waals surface area contributed by atoms with E-state index in [0.29, 0.717) is 12.8 Å². The average Bonchev–Trinajstić information content (AvgIpc) is 2.11. The smallest absolute Gasteiger partial charge is 0.145 e. The standard InChI is InChI=1S/C10H20N2O2Si2/c1-15(2)12(16(3)4)11-8-5-9(13)7-10(14)6-8/h15-16H,5-7H2,1-4H3. The van der Waals surface area contributed by atoms with Crippen molar-refractivity contribution >= 4 is 35.2 Å². The van der Waals surface area contributed by atoms with Crippen molar-refractivity contribution in [2.75, 3.05) is 0 Å². The van der Waals surface area contributed by atoms with Crippen molar-refractivity contribution in [3.8, 4) is 0 Å². The highest BCUT2D eigenvalue weighted by Gasteiger charge is 2.23.